The summed E-state index contributed by atoms with van der Waals surface area (Å²) in [5, 5.41) is 5.66. The minimum Gasteiger partial charge on any atom is -0.334 e. The Bertz CT molecular complexity index is 668. The van der Waals surface area contributed by atoms with Gasteiger partial charge < -0.3 is 5.32 Å². The average Bonchev–Trinajstić information content (AvgIpc) is 2.95. The number of hydrogen-bond acceptors (Lipinski definition) is 4. The summed E-state index contributed by atoms with van der Waals surface area (Å²) in [6.07, 6.45) is 5.84. The SMILES string of the molecule is c1ccc2ncc(NC3=NC4CCCC4CS3)cc2c1. The maximum absolute atomic E-state index is 4.86. The van der Waals surface area contributed by atoms with Crippen molar-refractivity contribution in [2.75, 3.05) is 11.1 Å². The van der Waals surface area contributed by atoms with Crippen molar-refractivity contribution in [2.45, 2.75) is 25.3 Å². The third-order valence-electron chi connectivity index (χ3n) is 4.18. The molecule has 1 aliphatic carbocycles. The summed E-state index contributed by atoms with van der Waals surface area (Å²) in [5.74, 6) is 2.01. The zero-order chi connectivity index (χ0) is 13.4. The molecule has 1 aliphatic heterocycles. The summed E-state index contributed by atoms with van der Waals surface area (Å²) in [4.78, 5) is 9.35. The van der Waals surface area contributed by atoms with Crippen molar-refractivity contribution in [2.24, 2.45) is 10.9 Å². The molecular formula is C16H17N3S. The number of pyridine rings is 1. The fourth-order valence-corrected chi connectivity index (χ4v) is 4.25. The van der Waals surface area contributed by atoms with E-state index in [0.717, 1.165) is 27.7 Å². The van der Waals surface area contributed by atoms with Crippen LogP contribution in [0.2, 0.25) is 0 Å². The second-order valence-corrected chi connectivity index (χ2v) is 6.55. The van der Waals surface area contributed by atoms with Crippen molar-refractivity contribution in [3.63, 3.8) is 0 Å². The van der Waals surface area contributed by atoms with Crippen LogP contribution in [0.1, 0.15) is 19.3 Å². The largest absolute Gasteiger partial charge is 0.334 e. The number of benzene rings is 1. The zero-order valence-electron chi connectivity index (χ0n) is 11.2. The molecule has 20 heavy (non-hydrogen) atoms. The van der Waals surface area contributed by atoms with Crippen molar-refractivity contribution in [1.82, 2.24) is 4.98 Å². The van der Waals surface area contributed by atoms with Gasteiger partial charge in [-0.15, -0.1) is 0 Å². The lowest BCUT2D eigenvalue weighted by molar-refractivity contribution is 0.535. The number of nitrogens with zero attached hydrogens (tertiary/aromatic N) is 2. The first kappa shape index (κ1) is 12.2. The van der Waals surface area contributed by atoms with Crippen molar-refractivity contribution in [3.05, 3.63) is 36.5 Å². The van der Waals surface area contributed by atoms with Crippen LogP contribution in [0, 0.1) is 5.92 Å². The van der Waals surface area contributed by atoms with Crippen LogP contribution in [0.25, 0.3) is 10.9 Å². The molecule has 1 saturated carbocycles. The van der Waals surface area contributed by atoms with Gasteiger partial charge in [-0.25, -0.2) is 0 Å². The van der Waals surface area contributed by atoms with E-state index in [-0.39, 0.29) is 0 Å². The Morgan fingerprint density at radius 2 is 2.15 bits per heavy atom. The minimum atomic E-state index is 0.548. The molecule has 4 rings (SSSR count). The Labute approximate surface area is 122 Å². The highest BCUT2D eigenvalue weighted by Crippen LogP contribution is 2.35. The molecule has 0 amide bonds. The number of hydrogen-bond donors (Lipinski definition) is 1. The topological polar surface area (TPSA) is 37.3 Å². The van der Waals surface area contributed by atoms with Gasteiger partial charge in [0.2, 0.25) is 0 Å². The third kappa shape index (κ3) is 2.29. The van der Waals surface area contributed by atoms with Crippen LogP contribution >= 0.6 is 11.8 Å². The molecule has 0 radical (unpaired) electrons. The molecule has 2 atom stereocenters. The van der Waals surface area contributed by atoms with Gasteiger partial charge in [0.25, 0.3) is 0 Å². The van der Waals surface area contributed by atoms with Gasteiger partial charge in [0.05, 0.1) is 23.4 Å². The lowest BCUT2D eigenvalue weighted by atomic mass is 10.1. The second kappa shape index (κ2) is 5.09. The van der Waals surface area contributed by atoms with E-state index >= 15 is 0 Å². The minimum absolute atomic E-state index is 0.548. The van der Waals surface area contributed by atoms with Crippen molar-refractivity contribution >= 4 is 33.5 Å². The Morgan fingerprint density at radius 3 is 3.15 bits per heavy atom. The number of thioether (sulfide) groups is 1. The predicted octanol–water partition coefficient (Wildman–Crippen LogP) is 3.92. The number of aliphatic imine (C=N–C) groups is 1. The van der Waals surface area contributed by atoms with Gasteiger partial charge >= 0.3 is 0 Å². The number of nitrogens with one attached hydrogen (secondary N) is 1. The predicted molar refractivity (Wildman–Crippen MR) is 86.4 cm³/mol. The van der Waals surface area contributed by atoms with E-state index in [1.165, 1.54) is 25.0 Å². The number of anilines is 1. The van der Waals surface area contributed by atoms with Gasteiger partial charge in [-0.2, -0.15) is 0 Å². The van der Waals surface area contributed by atoms with E-state index in [9.17, 15) is 0 Å². The van der Waals surface area contributed by atoms with Crippen LogP contribution in [0.4, 0.5) is 5.69 Å². The zero-order valence-corrected chi connectivity index (χ0v) is 12.1. The fourth-order valence-electron chi connectivity index (χ4n) is 3.09. The highest BCUT2D eigenvalue weighted by molar-refractivity contribution is 8.14. The molecule has 2 heterocycles. The maximum atomic E-state index is 4.86. The van der Waals surface area contributed by atoms with Crippen molar-refractivity contribution < 1.29 is 0 Å². The van der Waals surface area contributed by atoms with E-state index in [1.807, 2.05) is 36.2 Å². The normalized spacial score (nSPS) is 25.3. The number of rotatable bonds is 1. The first-order valence-electron chi connectivity index (χ1n) is 7.21. The summed E-state index contributed by atoms with van der Waals surface area (Å²) >= 11 is 1.85. The number of para-hydroxylation sites is 1. The monoisotopic (exact) mass is 283 g/mol. The molecule has 1 fully saturated rings. The van der Waals surface area contributed by atoms with Crippen LogP contribution < -0.4 is 5.32 Å². The third-order valence-corrected chi connectivity index (χ3v) is 5.25. The highest BCUT2D eigenvalue weighted by atomic mass is 32.2. The van der Waals surface area contributed by atoms with E-state index in [2.05, 4.69) is 22.4 Å². The number of amidine groups is 1. The average molecular weight is 283 g/mol. The Hall–Kier alpha value is -1.55. The molecule has 0 bridgehead atoms. The number of fused-ring (bicyclic) bond motifs is 2. The maximum Gasteiger partial charge on any atom is 0.161 e. The fraction of sp³-hybridized carbons (Fsp3) is 0.375. The molecule has 102 valence electrons. The molecule has 0 spiro atoms. The smallest absolute Gasteiger partial charge is 0.161 e. The molecular weight excluding hydrogens is 266 g/mol. The highest BCUT2D eigenvalue weighted by Gasteiger charge is 2.30. The van der Waals surface area contributed by atoms with Gasteiger partial charge in [0, 0.05) is 11.1 Å². The number of aromatic nitrogens is 1. The quantitative estimate of drug-likeness (QED) is 0.862. The van der Waals surface area contributed by atoms with E-state index < -0.39 is 0 Å². The Kier molecular flexibility index (Phi) is 3.11. The van der Waals surface area contributed by atoms with Gasteiger partial charge in [-0.1, -0.05) is 36.4 Å². The van der Waals surface area contributed by atoms with Crippen LogP contribution in [0.3, 0.4) is 0 Å². The Balaban J connectivity index is 1.58. The Morgan fingerprint density at radius 1 is 1.20 bits per heavy atom. The molecule has 1 N–H and O–H groups in total. The summed E-state index contributed by atoms with van der Waals surface area (Å²) < 4.78 is 0. The van der Waals surface area contributed by atoms with Crippen LogP contribution in [-0.2, 0) is 0 Å². The molecule has 2 aromatic rings. The molecule has 1 aromatic heterocycles. The van der Waals surface area contributed by atoms with Gasteiger partial charge in [-0.3, -0.25) is 9.98 Å². The first-order valence-corrected chi connectivity index (χ1v) is 8.19. The molecule has 4 heteroatoms. The molecule has 1 aromatic carbocycles. The van der Waals surface area contributed by atoms with E-state index in [1.54, 1.807) is 0 Å². The summed E-state index contributed by atoms with van der Waals surface area (Å²) in [6, 6.07) is 10.9. The standard InChI is InChI=1S/C16H17N3S/c1-2-6-14-11(4-1)8-13(9-17-14)18-16-19-15-7-3-5-12(15)10-20-16/h1-2,4,6,8-9,12,15H,3,5,7,10H2,(H,18,19). The van der Waals surface area contributed by atoms with Crippen LogP contribution in [0.5, 0.6) is 0 Å². The van der Waals surface area contributed by atoms with Crippen molar-refractivity contribution in [3.8, 4) is 0 Å². The molecule has 2 aliphatic rings. The lowest BCUT2D eigenvalue weighted by Crippen LogP contribution is -2.25. The molecule has 2 unspecified atom stereocenters. The van der Waals surface area contributed by atoms with Gasteiger partial charge in [0.1, 0.15) is 0 Å². The van der Waals surface area contributed by atoms with Gasteiger partial charge in [0.15, 0.2) is 5.17 Å². The van der Waals surface area contributed by atoms with E-state index in [0.29, 0.717) is 6.04 Å². The second-order valence-electron chi connectivity index (χ2n) is 5.55. The molecule has 0 saturated heterocycles. The summed E-state index contributed by atoms with van der Waals surface area (Å²) in [6.45, 7) is 0. The lowest BCUT2D eigenvalue weighted by Gasteiger charge is -2.23. The first-order chi connectivity index (χ1) is 9.88. The molecule has 3 nitrogen and oxygen atoms in total. The summed E-state index contributed by atoms with van der Waals surface area (Å²) in [5.41, 5.74) is 2.07. The van der Waals surface area contributed by atoms with Gasteiger partial charge in [-0.05, 0) is 30.9 Å². The van der Waals surface area contributed by atoms with Crippen LogP contribution in [-0.4, -0.2) is 21.9 Å². The van der Waals surface area contributed by atoms with Crippen molar-refractivity contribution in [1.29, 1.82) is 0 Å². The summed E-state index contributed by atoms with van der Waals surface area (Å²) in [7, 11) is 0. The van der Waals surface area contributed by atoms with Crippen LogP contribution in [0.15, 0.2) is 41.5 Å². The van der Waals surface area contributed by atoms with E-state index in [4.69, 9.17) is 4.99 Å².